The second kappa shape index (κ2) is 7.75. The molecule has 0 atom stereocenters. The Morgan fingerprint density at radius 1 is 1.21 bits per heavy atom. The van der Waals surface area contributed by atoms with Crippen molar-refractivity contribution in [1.29, 1.82) is 0 Å². The molecule has 8 nitrogen and oxygen atoms in total. The van der Waals surface area contributed by atoms with Gasteiger partial charge < -0.3 is 10.1 Å². The summed E-state index contributed by atoms with van der Waals surface area (Å²) >= 11 is 7.31. The number of carbonyl (C=O) groups is 1. The second-order valence-corrected chi connectivity index (χ2v) is 6.74. The molecule has 0 unspecified atom stereocenters. The normalized spacial score (nSPS) is 10.6. The Kier molecular flexibility index (Phi) is 5.00. The summed E-state index contributed by atoms with van der Waals surface area (Å²) in [7, 11) is 1.51. The van der Waals surface area contributed by atoms with Crippen molar-refractivity contribution in [2.75, 3.05) is 12.4 Å². The number of carbonyl (C=O) groups excluding carboxylic acids is 1. The Morgan fingerprint density at radius 3 is 2.64 bits per heavy atom. The minimum Gasteiger partial charge on any atom is -0.493 e. The molecular formula is C18H13ClN6O2S. The smallest absolute Gasteiger partial charge is 0.271 e. The highest BCUT2D eigenvalue weighted by molar-refractivity contribution is 7.09. The van der Waals surface area contributed by atoms with E-state index in [4.69, 9.17) is 16.3 Å². The number of ether oxygens (including phenoxy) is 1. The molecule has 0 radical (unpaired) electrons. The van der Waals surface area contributed by atoms with Crippen LogP contribution in [0.3, 0.4) is 0 Å². The molecule has 4 aromatic rings. The minimum absolute atomic E-state index is 0.301. The molecule has 3 heterocycles. The van der Waals surface area contributed by atoms with Gasteiger partial charge >= 0.3 is 0 Å². The number of halogens is 1. The van der Waals surface area contributed by atoms with Gasteiger partial charge in [0.25, 0.3) is 5.91 Å². The maximum absolute atomic E-state index is 12.7. The SMILES string of the molecule is COc1c(-c2ccccc2)nsc1C(=O)Nc1cnc(-n2nccn2)c(Cl)c1. The number of nitrogens with zero attached hydrogens (tertiary/aromatic N) is 5. The molecule has 0 aliphatic carbocycles. The van der Waals surface area contributed by atoms with E-state index in [2.05, 4.69) is 24.9 Å². The predicted molar refractivity (Wildman–Crippen MR) is 106 cm³/mol. The molecule has 10 heteroatoms. The Bertz CT molecular complexity index is 1110. The van der Waals surface area contributed by atoms with Crippen LogP contribution in [-0.2, 0) is 0 Å². The van der Waals surface area contributed by atoms with Gasteiger partial charge in [-0.1, -0.05) is 41.9 Å². The van der Waals surface area contributed by atoms with Crippen LogP contribution >= 0.6 is 23.1 Å². The van der Waals surface area contributed by atoms with Gasteiger partial charge in [0.05, 0.1) is 36.4 Å². The molecule has 4 rings (SSSR count). The van der Waals surface area contributed by atoms with Crippen LogP contribution in [0.1, 0.15) is 9.67 Å². The molecule has 0 fully saturated rings. The molecule has 0 aliphatic rings. The molecule has 1 aromatic carbocycles. The lowest BCUT2D eigenvalue weighted by Gasteiger charge is -2.08. The van der Waals surface area contributed by atoms with Crippen LogP contribution in [-0.4, -0.2) is 37.4 Å². The van der Waals surface area contributed by atoms with E-state index < -0.39 is 0 Å². The molecule has 1 amide bonds. The molecule has 28 heavy (non-hydrogen) atoms. The van der Waals surface area contributed by atoms with Crippen LogP contribution in [0, 0.1) is 0 Å². The van der Waals surface area contributed by atoms with Gasteiger partial charge in [0.2, 0.25) is 0 Å². The summed E-state index contributed by atoms with van der Waals surface area (Å²) in [5.74, 6) is 0.427. The Labute approximate surface area is 168 Å². The lowest BCUT2D eigenvalue weighted by atomic mass is 10.1. The number of hydrogen-bond acceptors (Lipinski definition) is 7. The fraction of sp³-hybridized carbons (Fsp3) is 0.0556. The van der Waals surface area contributed by atoms with Crippen molar-refractivity contribution in [2.45, 2.75) is 0 Å². The zero-order valence-corrected chi connectivity index (χ0v) is 16.1. The van der Waals surface area contributed by atoms with Gasteiger partial charge in [0, 0.05) is 5.56 Å². The highest BCUT2D eigenvalue weighted by Gasteiger charge is 2.22. The first-order valence-corrected chi connectivity index (χ1v) is 9.25. The van der Waals surface area contributed by atoms with E-state index in [1.807, 2.05) is 30.3 Å². The maximum atomic E-state index is 12.7. The topological polar surface area (TPSA) is 94.8 Å². The number of rotatable bonds is 5. The summed E-state index contributed by atoms with van der Waals surface area (Å²) in [6, 6.07) is 11.1. The first kappa shape index (κ1) is 18.1. The van der Waals surface area contributed by atoms with Gasteiger partial charge in [0.1, 0.15) is 5.69 Å². The average molecular weight is 413 g/mol. The van der Waals surface area contributed by atoms with Gasteiger partial charge in [-0.05, 0) is 17.6 Å². The molecule has 1 N–H and O–H groups in total. The fourth-order valence-electron chi connectivity index (χ4n) is 2.55. The number of hydrogen-bond donors (Lipinski definition) is 1. The fourth-order valence-corrected chi connectivity index (χ4v) is 3.56. The van der Waals surface area contributed by atoms with E-state index >= 15 is 0 Å². The number of anilines is 1. The summed E-state index contributed by atoms with van der Waals surface area (Å²) in [5.41, 5.74) is 1.92. The third-order valence-electron chi connectivity index (χ3n) is 3.79. The number of aromatic nitrogens is 5. The molecule has 0 saturated heterocycles. The van der Waals surface area contributed by atoms with Gasteiger partial charge in [-0.2, -0.15) is 14.6 Å². The van der Waals surface area contributed by atoms with Crippen molar-refractivity contribution in [3.8, 4) is 22.8 Å². The number of pyridine rings is 1. The molecule has 140 valence electrons. The highest BCUT2D eigenvalue weighted by Crippen LogP contribution is 2.35. The summed E-state index contributed by atoms with van der Waals surface area (Å²) < 4.78 is 9.83. The number of benzene rings is 1. The average Bonchev–Trinajstić information content (AvgIpc) is 3.38. The van der Waals surface area contributed by atoms with Gasteiger partial charge in [-0.15, -0.1) is 4.80 Å². The number of methoxy groups -OCH3 is 1. The van der Waals surface area contributed by atoms with E-state index in [9.17, 15) is 4.79 Å². The monoisotopic (exact) mass is 412 g/mol. The van der Waals surface area contributed by atoms with Crippen LogP contribution in [0.25, 0.3) is 17.1 Å². The highest BCUT2D eigenvalue weighted by atomic mass is 35.5. The molecule has 0 spiro atoms. The number of amides is 1. The summed E-state index contributed by atoms with van der Waals surface area (Å²) in [6.07, 6.45) is 4.52. The summed E-state index contributed by atoms with van der Waals surface area (Å²) in [5, 5.41) is 11.0. The van der Waals surface area contributed by atoms with E-state index in [-0.39, 0.29) is 5.91 Å². The van der Waals surface area contributed by atoms with Crippen LogP contribution in [0.15, 0.2) is 55.0 Å². The van der Waals surface area contributed by atoms with Crippen molar-refractivity contribution in [3.63, 3.8) is 0 Å². The Morgan fingerprint density at radius 2 is 1.96 bits per heavy atom. The Hall–Kier alpha value is -3.30. The minimum atomic E-state index is -0.362. The lowest BCUT2D eigenvalue weighted by molar-refractivity contribution is 0.102. The van der Waals surface area contributed by atoms with Crippen LogP contribution < -0.4 is 10.1 Å². The van der Waals surface area contributed by atoms with Gasteiger partial charge in [-0.25, -0.2) is 4.98 Å². The third kappa shape index (κ3) is 3.45. The second-order valence-electron chi connectivity index (χ2n) is 5.56. The predicted octanol–water partition coefficient (Wildman–Crippen LogP) is 3.70. The standard InChI is InChI=1S/C18H13ClN6O2S/c1-27-15-14(11-5-3-2-4-6-11)24-28-16(15)18(26)23-12-9-13(19)17(20-10-12)25-21-7-8-22-25/h2-10H,1H3,(H,23,26). The van der Waals surface area contributed by atoms with E-state index in [1.54, 1.807) is 6.07 Å². The van der Waals surface area contributed by atoms with Gasteiger partial charge in [0.15, 0.2) is 16.4 Å². The van der Waals surface area contributed by atoms with Crippen LogP contribution in [0.2, 0.25) is 5.02 Å². The molecule has 0 aliphatic heterocycles. The van der Waals surface area contributed by atoms with Crippen molar-refractivity contribution < 1.29 is 9.53 Å². The third-order valence-corrected chi connectivity index (χ3v) is 4.90. The summed E-state index contributed by atoms with van der Waals surface area (Å²) in [6.45, 7) is 0. The quantitative estimate of drug-likeness (QED) is 0.537. The first-order valence-electron chi connectivity index (χ1n) is 8.10. The molecule has 0 saturated carbocycles. The van der Waals surface area contributed by atoms with E-state index in [1.165, 1.54) is 30.5 Å². The van der Waals surface area contributed by atoms with E-state index in [0.717, 1.165) is 17.1 Å². The van der Waals surface area contributed by atoms with Crippen LogP contribution in [0.5, 0.6) is 5.75 Å². The van der Waals surface area contributed by atoms with E-state index in [0.29, 0.717) is 32.8 Å². The largest absolute Gasteiger partial charge is 0.493 e. The van der Waals surface area contributed by atoms with Crippen molar-refractivity contribution >= 4 is 34.7 Å². The Balaban J connectivity index is 1.59. The van der Waals surface area contributed by atoms with Gasteiger partial charge in [-0.3, -0.25) is 4.79 Å². The van der Waals surface area contributed by atoms with Crippen molar-refractivity contribution in [1.82, 2.24) is 24.4 Å². The zero-order valence-electron chi connectivity index (χ0n) is 14.5. The number of nitrogens with one attached hydrogen (secondary N) is 1. The summed E-state index contributed by atoms with van der Waals surface area (Å²) in [4.78, 5) is 18.6. The lowest BCUT2D eigenvalue weighted by Crippen LogP contribution is -2.12. The maximum Gasteiger partial charge on any atom is 0.271 e. The molecule has 0 bridgehead atoms. The van der Waals surface area contributed by atoms with Crippen LogP contribution in [0.4, 0.5) is 5.69 Å². The first-order chi connectivity index (χ1) is 13.7. The van der Waals surface area contributed by atoms with Crippen molar-refractivity contribution in [3.05, 3.63) is 64.9 Å². The molecular weight excluding hydrogens is 400 g/mol. The molecule has 3 aromatic heterocycles. The van der Waals surface area contributed by atoms with Crippen molar-refractivity contribution in [2.24, 2.45) is 0 Å². The zero-order chi connectivity index (χ0) is 19.5.